The third-order valence-corrected chi connectivity index (χ3v) is 3.46. The minimum Gasteiger partial charge on any atom is -0.481 e. The largest absolute Gasteiger partial charge is 0.481 e. The van der Waals surface area contributed by atoms with Crippen molar-refractivity contribution in [3.05, 3.63) is 0 Å². The minimum atomic E-state index is -1.05. The van der Waals surface area contributed by atoms with Crippen molar-refractivity contribution in [2.75, 3.05) is 6.61 Å². The molecule has 0 bridgehead atoms. The molecule has 0 amide bonds. The Bertz CT molecular complexity index is 266. The molecule has 0 aromatic rings. The van der Waals surface area contributed by atoms with Crippen LogP contribution in [-0.2, 0) is 14.3 Å². The van der Waals surface area contributed by atoms with E-state index in [1.165, 1.54) is 0 Å². The van der Waals surface area contributed by atoms with E-state index in [4.69, 9.17) is 4.74 Å². The van der Waals surface area contributed by atoms with E-state index in [1.54, 1.807) is 6.92 Å². The normalized spacial score (nSPS) is 21.1. The van der Waals surface area contributed by atoms with Crippen molar-refractivity contribution in [3.63, 3.8) is 0 Å². The molecule has 1 fully saturated rings. The van der Waals surface area contributed by atoms with E-state index in [2.05, 4.69) is 0 Å². The smallest absolute Gasteiger partial charge is 0.320 e. The lowest BCUT2D eigenvalue weighted by atomic mass is 9.67. The second-order valence-electron chi connectivity index (χ2n) is 4.74. The molecule has 0 heterocycles. The molecule has 1 rings (SSSR count). The van der Waals surface area contributed by atoms with Gasteiger partial charge in [-0.25, -0.2) is 0 Å². The maximum Gasteiger partial charge on any atom is 0.320 e. The highest BCUT2D eigenvalue weighted by Gasteiger charge is 2.45. The Morgan fingerprint density at radius 3 is 2.31 bits per heavy atom. The van der Waals surface area contributed by atoms with Gasteiger partial charge in [-0.05, 0) is 25.2 Å². The van der Waals surface area contributed by atoms with Crippen LogP contribution in [0.5, 0.6) is 0 Å². The number of carbonyl (C=O) groups is 2. The van der Waals surface area contributed by atoms with Crippen LogP contribution in [-0.4, -0.2) is 23.7 Å². The third kappa shape index (κ3) is 2.74. The molecular formula is C12H20O4. The number of carboxylic acids is 1. The SMILES string of the molecule is CCOC(=O)[C@H](C(=O)O)C1(C)CCCCC1. The molecule has 0 aromatic heterocycles. The lowest BCUT2D eigenvalue weighted by Crippen LogP contribution is -2.41. The molecule has 16 heavy (non-hydrogen) atoms. The number of hydrogen-bond acceptors (Lipinski definition) is 3. The Hall–Kier alpha value is -1.06. The molecule has 1 N–H and O–H groups in total. The third-order valence-electron chi connectivity index (χ3n) is 3.46. The standard InChI is InChI=1S/C12H20O4/c1-3-16-11(15)9(10(13)14)12(2)7-5-4-6-8-12/h9H,3-8H2,1-2H3,(H,13,14)/t9-/m0/s1. The number of ether oxygens (including phenoxy) is 1. The summed E-state index contributed by atoms with van der Waals surface area (Å²) in [7, 11) is 0. The van der Waals surface area contributed by atoms with Crippen molar-refractivity contribution in [2.24, 2.45) is 11.3 Å². The van der Waals surface area contributed by atoms with Crippen molar-refractivity contribution in [3.8, 4) is 0 Å². The Morgan fingerprint density at radius 1 is 1.31 bits per heavy atom. The van der Waals surface area contributed by atoms with Gasteiger partial charge >= 0.3 is 11.9 Å². The Morgan fingerprint density at radius 2 is 1.88 bits per heavy atom. The van der Waals surface area contributed by atoms with E-state index in [1.807, 2.05) is 6.92 Å². The molecule has 1 saturated carbocycles. The van der Waals surface area contributed by atoms with Gasteiger partial charge < -0.3 is 9.84 Å². The Balaban J connectivity index is 2.83. The maximum atomic E-state index is 11.7. The van der Waals surface area contributed by atoms with Gasteiger partial charge in [0, 0.05) is 0 Å². The van der Waals surface area contributed by atoms with Gasteiger partial charge in [-0.15, -0.1) is 0 Å². The highest BCUT2D eigenvalue weighted by molar-refractivity contribution is 5.94. The van der Waals surface area contributed by atoms with E-state index >= 15 is 0 Å². The predicted molar refractivity (Wildman–Crippen MR) is 59.0 cm³/mol. The second-order valence-corrected chi connectivity index (χ2v) is 4.74. The monoisotopic (exact) mass is 228 g/mol. The molecule has 92 valence electrons. The number of esters is 1. The van der Waals surface area contributed by atoms with E-state index in [-0.39, 0.29) is 6.61 Å². The van der Waals surface area contributed by atoms with Crippen LogP contribution in [0.2, 0.25) is 0 Å². The first-order valence-electron chi connectivity index (χ1n) is 5.90. The number of hydrogen-bond donors (Lipinski definition) is 1. The van der Waals surface area contributed by atoms with E-state index in [0.717, 1.165) is 32.1 Å². The van der Waals surface area contributed by atoms with Crippen LogP contribution >= 0.6 is 0 Å². The van der Waals surface area contributed by atoms with Gasteiger partial charge in [-0.2, -0.15) is 0 Å². The van der Waals surface area contributed by atoms with Crippen LogP contribution in [0.25, 0.3) is 0 Å². The van der Waals surface area contributed by atoms with Gasteiger partial charge in [0.1, 0.15) is 0 Å². The maximum absolute atomic E-state index is 11.7. The molecule has 0 unspecified atom stereocenters. The summed E-state index contributed by atoms with van der Waals surface area (Å²) in [4.78, 5) is 22.9. The molecule has 0 radical (unpaired) electrons. The molecule has 0 spiro atoms. The van der Waals surface area contributed by atoms with E-state index < -0.39 is 23.3 Å². The van der Waals surface area contributed by atoms with Crippen molar-refractivity contribution in [1.82, 2.24) is 0 Å². The van der Waals surface area contributed by atoms with Gasteiger partial charge in [0.15, 0.2) is 5.92 Å². The molecule has 1 aliphatic carbocycles. The first kappa shape index (κ1) is 13.0. The summed E-state index contributed by atoms with van der Waals surface area (Å²) in [5, 5.41) is 9.19. The van der Waals surface area contributed by atoms with Crippen molar-refractivity contribution < 1.29 is 19.4 Å². The lowest BCUT2D eigenvalue weighted by Gasteiger charge is -2.37. The topological polar surface area (TPSA) is 63.6 Å². The Kier molecular flexibility index (Phi) is 4.33. The van der Waals surface area contributed by atoms with Gasteiger partial charge in [0.2, 0.25) is 0 Å². The fourth-order valence-corrected chi connectivity index (χ4v) is 2.56. The zero-order valence-electron chi connectivity index (χ0n) is 9.99. The highest BCUT2D eigenvalue weighted by Crippen LogP contribution is 2.42. The molecule has 4 heteroatoms. The molecular weight excluding hydrogens is 208 g/mol. The fraction of sp³-hybridized carbons (Fsp3) is 0.833. The lowest BCUT2D eigenvalue weighted by molar-refractivity contribution is -0.166. The average molecular weight is 228 g/mol. The van der Waals surface area contributed by atoms with Gasteiger partial charge in [0.25, 0.3) is 0 Å². The van der Waals surface area contributed by atoms with Crippen LogP contribution in [0, 0.1) is 11.3 Å². The van der Waals surface area contributed by atoms with Gasteiger partial charge in [-0.3, -0.25) is 9.59 Å². The summed E-state index contributed by atoms with van der Waals surface area (Å²) in [6, 6.07) is 0. The van der Waals surface area contributed by atoms with E-state index in [0.29, 0.717) is 0 Å². The molecule has 1 atom stereocenters. The van der Waals surface area contributed by atoms with Crippen LogP contribution in [0.4, 0.5) is 0 Å². The first-order chi connectivity index (χ1) is 7.51. The molecule has 1 aliphatic rings. The van der Waals surface area contributed by atoms with Crippen LogP contribution in [0.3, 0.4) is 0 Å². The van der Waals surface area contributed by atoms with Crippen molar-refractivity contribution in [1.29, 1.82) is 0 Å². The zero-order chi connectivity index (χ0) is 12.2. The first-order valence-corrected chi connectivity index (χ1v) is 5.90. The van der Waals surface area contributed by atoms with Crippen molar-refractivity contribution >= 4 is 11.9 Å². The average Bonchev–Trinajstić information content (AvgIpc) is 2.17. The highest BCUT2D eigenvalue weighted by atomic mass is 16.5. The fourth-order valence-electron chi connectivity index (χ4n) is 2.56. The Labute approximate surface area is 96.0 Å². The number of rotatable bonds is 4. The molecule has 0 aromatic carbocycles. The van der Waals surface area contributed by atoms with E-state index in [9.17, 15) is 14.7 Å². The van der Waals surface area contributed by atoms with Crippen LogP contribution in [0.15, 0.2) is 0 Å². The number of carboxylic acid groups (broad SMARTS) is 1. The predicted octanol–water partition coefficient (Wildman–Crippen LogP) is 2.22. The quantitative estimate of drug-likeness (QED) is 0.592. The summed E-state index contributed by atoms with van der Waals surface area (Å²) in [6.07, 6.45) is 4.72. The van der Waals surface area contributed by atoms with Crippen molar-refractivity contribution in [2.45, 2.75) is 46.0 Å². The zero-order valence-corrected chi connectivity index (χ0v) is 9.99. The molecule has 4 nitrogen and oxygen atoms in total. The van der Waals surface area contributed by atoms with Gasteiger partial charge in [0.05, 0.1) is 6.61 Å². The summed E-state index contributed by atoms with van der Waals surface area (Å²) in [5.41, 5.74) is -0.434. The van der Waals surface area contributed by atoms with Crippen LogP contribution in [0.1, 0.15) is 46.0 Å². The molecule has 0 aliphatic heterocycles. The molecule has 0 saturated heterocycles. The van der Waals surface area contributed by atoms with Crippen LogP contribution < -0.4 is 0 Å². The summed E-state index contributed by atoms with van der Waals surface area (Å²) >= 11 is 0. The number of carbonyl (C=O) groups excluding carboxylic acids is 1. The summed E-state index contributed by atoms with van der Waals surface area (Å²) in [6.45, 7) is 3.82. The summed E-state index contributed by atoms with van der Waals surface area (Å²) < 4.78 is 4.86. The van der Waals surface area contributed by atoms with Gasteiger partial charge in [-0.1, -0.05) is 26.2 Å². The number of aliphatic carboxylic acids is 1. The second kappa shape index (κ2) is 5.32. The summed E-state index contributed by atoms with van der Waals surface area (Å²) in [5.74, 6) is -2.64. The minimum absolute atomic E-state index is 0.235.